The molecule has 1 aliphatic carbocycles. The summed E-state index contributed by atoms with van der Waals surface area (Å²) in [7, 11) is 1.40. The normalized spacial score (nSPS) is 33.1. The molecule has 0 bridgehead atoms. The fraction of sp³-hybridized carbons (Fsp3) is 0.833. The predicted molar refractivity (Wildman–Crippen MR) is 32.7 cm³/mol. The van der Waals surface area contributed by atoms with Gasteiger partial charge in [-0.05, 0) is 12.8 Å². The smallest absolute Gasteiger partial charge is 0.310 e. The van der Waals surface area contributed by atoms with Crippen molar-refractivity contribution in [1.82, 2.24) is 0 Å². The van der Waals surface area contributed by atoms with E-state index in [1.807, 2.05) is 0 Å². The molecule has 0 radical (unpaired) electrons. The molecule has 0 saturated heterocycles. The second-order valence-corrected chi connectivity index (χ2v) is 2.37. The summed E-state index contributed by atoms with van der Waals surface area (Å²) in [5.41, 5.74) is 5.50. The Bertz CT molecular complexity index is 124. The molecule has 0 aromatic carbocycles. The second-order valence-electron chi connectivity index (χ2n) is 2.37. The Hall–Kier alpha value is -0.570. The number of nitrogens with two attached hydrogens (primary N) is 1. The molecule has 2 atom stereocenters. The van der Waals surface area contributed by atoms with Gasteiger partial charge in [0.05, 0.1) is 13.0 Å². The number of hydrogen-bond acceptors (Lipinski definition) is 3. The third-order valence-electron chi connectivity index (χ3n) is 1.83. The molecule has 1 rings (SSSR count). The van der Waals surface area contributed by atoms with E-state index < -0.39 is 0 Å². The van der Waals surface area contributed by atoms with Crippen molar-refractivity contribution in [2.24, 2.45) is 11.7 Å². The first-order chi connectivity index (χ1) is 4.25. The van der Waals surface area contributed by atoms with E-state index >= 15 is 0 Å². The zero-order valence-electron chi connectivity index (χ0n) is 5.46. The van der Waals surface area contributed by atoms with E-state index in [0.29, 0.717) is 0 Å². The molecule has 0 spiro atoms. The molecule has 0 aromatic heterocycles. The molecule has 9 heavy (non-hydrogen) atoms. The van der Waals surface area contributed by atoms with Gasteiger partial charge in [0.15, 0.2) is 0 Å². The van der Waals surface area contributed by atoms with Crippen molar-refractivity contribution < 1.29 is 9.53 Å². The monoisotopic (exact) mass is 129 g/mol. The third-order valence-corrected chi connectivity index (χ3v) is 1.83. The minimum atomic E-state index is -0.159. The average Bonchev–Trinajstić information content (AvgIpc) is 1.84. The second kappa shape index (κ2) is 2.35. The predicted octanol–water partition coefficient (Wildman–Crippen LogP) is -0.103. The Balaban J connectivity index is 2.35. The summed E-state index contributed by atoms with van der Waals surface area (Å²) in [5.74, 6) is -0.177. The van der Waals surface area contributed by atoms with Crippen molar-refractivity contribution in [3.8, 4) is 0 Å². The molecule has 0 heterocycles. The SMILES string of the molecule is COC(=O)C1CCC1N. The highest BCUT2D eigenvalue weighted by Crippen LogP contribution is 2.25. The minimum Gasteiger partial charge on any atom is -0.469 e. The largest absolute Gasteiger partial charge is 0.469 e. The van der Waals surface area contributed by atoms with Crippen LogP contribution in [0.3, 0.4) is 0 Å². The van der Waals surface area contributed by atoms with Crippen LogP contribution in [-0.2, 0) is 9.53 Å². The molecule has 1 aliphatic rings. The number of methoxy groups -OCH3 is 1. The highest BCUT2D eigenvalue weighted by Gasteiger charge is 2.34. The zero-order valence-corrected chi connectivity index (χ0v) is 5.46. The summed E-state index contributed by atoms with van der Waals surface area (Å²) >= 11 is 0. The van der Waals surface area contributed by atoms with E-state index in [4.69, 9.17) is 5.73 Å². The summed E-state index contributed by atoms with van der Waals surface area (Å²) < 4.78 is 4.51. The summed E-state index contributed by atoms with van der Waals surface area (Å²) in [6.45, 7) is 0. The number of rotatable bonds is 1. The molecule has 2 unspecified atom stereocenters. The zero-order chi connectivity index (χ0) is 6.85. The van der Waals surface area contributed by atoms with Crippen LogP contribution in [0.15, 0.2) is 0 Å². The highest BCUT2D eigenvalue weighted by atomic mass is 16.5. The van der Waals surface area contributed by atoms with Crippen LogP contribution in [0.2, 0.25) is 0 Å². The molecule has 0 aromatic rings. The fourth-order valence-electron chi connectivity index (χ4n) is 0.970. The molecule has 3 nitrogen and oxygen atoms in total. The van der Waals surface area contributed by atoms with E-state index in [1.165, 1.54) is 7.11 Å². The van der Waals surface area contributed by atoms with Crippen LogP contribution in [0.1, 0.15) is 12.8 Å². The van der Waals surface area contributed by atoms with Gasteiger partial charge in [0.1, 0.15) is 0 Å². The Labute approximate surface area is 54.2 Å². The van der Waals surface area contributed by atoms with Crippen LogP contribution >= 0.6 is 0 Å². The first-order valence-electron chi connectivity index (χ1n) is 3.09. The Morgan fingerprint density at radius 1 is 1.67 bits per heavy atom. The quantitative estimate of drug-likeness (QED) is 0.503. The maximum Gasteiger partial charge on any atom is 0.310 e. The summed E-state index contributed by atoms with van der Waals surface area (Å²) in [5, 5.41) is 0. The molecule has 2 N–H and O–H groups in total. The van der Waals surface area contributed by atoms with Crippen LogP contribution in [0.25, 0.3) is 0 Å². The topological polar surface area (TPSA) is 52.3 Å². The van der Waals surface area contributed by atoms with Crippen molar-refractivity contribution in [1.29, 1.82) is 0 Å². The van der Waals surface area contributed by atoms with Gasteiger partial charge < -0.3 is 10.5 Å². The average molecular weight is 129 g/mol. The van der Waals surface area contributed by atoms with Gasteiger partial charge in [-0.1, -0.05) is 0 Å². The fourth-order valence-corrected chi connectivity index (χ4v) is 0.970. The highest BCUT2D eigenvalue weighted by molar-refractivity contribution is 5.74. The van der Waals surface area contributed by atoms with Crippen molar-refractivity contribution in [3.05, 3.63) is 0 Å². The molecular formula is C6H11NO2. The van der Waals surface area contributed by atoms with Gasteiger partial charge in [-0.25, -0.2) is 0 Å². The number of carbonyl (C=O) groups excluding carboxylic acids is 1. The molecule has 52 valence electrons. The molecular weight excluding hydrogens is 118 g/mol. The van der Waals surface area contributed by atoms with Crippen LogP contribution < -0.4 is 5.73 Å². The van der Waals surface area contributed by atoms with E-state index in [0.717, 1.165) is 12.8 Å². The minimum absolute atomic E-state index is 0.0185. The standard InChI is InChI=1S/C6H11NO2/c1-9-6(8)4-2-3-5(4)7/h4-5H,2-3,7H2,1H3. The lowest BCUT2D eigenvalue weighted by molar-refractivity contribution is -0.149. The lowest BCUT2D eigenvalue weighted by Crippen LogP contribution is -2.44. The van der Waals surface area contributed by atoms with Crippen LogP contribution in [0, 0.1) is 5.92 Å². The van der Waals surface area contributed by atoms with Gasteiger partial charge in [0.25, 0.3) is 0 Å². The van der Waals surface area contributed by atoms with Gasteiger partial charge in [-0.15, -0.1) is 0 Å². The van der Waals surface area contributed by atoms with Gasteiger partial charge >= 0.3 is 5.97 Å². The van der Waals surface area contributed by atoms with Crippen molar-refractivity contribution in [2.75, 3.05) is 7.11 Å². The van der Waals surface area contributed by atoms with Crippen LogP contribution in [0.5, 0.6) is 0 Å². The van der Waals surface area contributed by atoms with E-state index in [9.17, 15) is 4.79 Å². The number of carbonyl (C=O) groups is 1. The Morgan fingerprint density at radius 3 is 2.44 bits per heavy atom. The lowest BCUT2D eigenvalue weighted by Gasteiger charge is -2.30. The van der Waals surface area contributed by atoms with Gasteiger partial charge in [0.2, 0.25) is 0 Å². The van der Waals surface area contributed by atoms with Crippen LogP contribution in [0.4, 0.5) is 0 Å². The molecule has 1 fully saturated rings. The Morgan fingerprint density at radius 2 is 2.33 bits per heavy atom. The summed E-state index contributed by atoms with van der Waals surface area (Å²) in [6, 6.07) is 0.0532. The summed E-state index contributed by atoms with van der Waals surface area (Å²) in [4.78, 5) is 10.7. The third kappa shape index (κ3) is 1.05. The van der Waals surface area contributed by atoms with Gasteiger partial charge in [0, 0.05) is 6.04 Å². The molecule has 1 saturated carbocycles. The van der Waals surface area contributed by atoms with Crippen molar-refractivity contribution in [3.63, 3.8) is 0 Å². The Kier molecular flexibility index (Phi) is 1.71. The van der Waals surface area contributed by atoms with Gasteiger partial charge in [-0.3, -0.25) is 4.79 Å². The van der Waals surface area contributed by atoms with E-state index in [1.54, 1.807) is 0 Å². The molecule has 3 heteroatoms. The lowest BCUT2D eigenvalue weighted by atomic mass is 9.80. The first-order valence-corrected chi connectivity index (χ1v) is 3.09. The van der Waals surface area contributed by atoms with Crippen LogP contribution in [-0.4, -0.2) is 19.1 Å². The summed E-state index contributed by atoms with van der Waals surface area (Å²) in [6.07, 6.45) is 1.85. The van der Waals surface area contributed by atoms with E-state index in [2.05, 4.69) is 4.74 Å². The number of hydrogen-bond donors (Lipinski definition) is 1. The number of ether oxygens (including phenoxy) is 1. The molecule has 0 aliphatic heterocycles. The first kappa shape index (κ1) is 6.55. The van der Waals surface area contributed by atoms with Gasteiger partial charge in [-0.2, -0.15) is 0 Å². The number of esters is 1. The van der Waals surface area contributed by atoms with Crippen molar-refractivity contribution in [2.45, 2.75) is 18.9 Å². The van der Waals surface area contributed by atoms with E-state index in [-0.39, 0.29) is 17.9 Å². The maximum atomic E-state index is 10.7. The maximum absolute atomic E-state index is 10.7. The van der Waals surface area contributed by atoms with Crippen molar-refractivity contribution >= 4 is 5.97 Å². The molecule has 0 amide bonds.